The van der Waals surface area contributed by atoms with Crippen molar-refractivity contribution in [3.8, 4) is 0 Å². The molecule has 5 rings (SSSR count). The van der Waals surface area contributed by atoms with Crippen LogP contribution in [0.25, 0.3) is 22.6 Å². The number of aromatic nitrogens is 1. The summed E-state index contributed by atoms with van der Waals surface area (Å²) in [6, 6.07) is 16.5. The zero-order valence-corrected chi connectivity index (χ0v) is 18.9. The molecule has 2 aliphatic rings. The number of carbonyl (C=O) groups excluding carboxylic acids is 2. The molecule has 2 aromatic carbocycles. The summed E-state index contributed by atoms with van der Waals surface area (Å²) in [5.74, 6) is 0.154. The maximum absolute atomic E-state index is 13.3. The van der Waals surface area contributed by atoms with Crippen molar-refractivity contribution >= 4 is 40.1 Å². The van der Waals surface area contributed by atoms with Crippen LogP contribution in [-0.4, -0.2) is 40.4 Å². The van der Waals surface area contributed by atoms with E-state index in [1.165, 1.54) is 6.42 Å². The quantitative estimate of drug-likeness (QED) is 0.556. The molecule has 1 aromatic heterocycles. The van der Waals surface area contributed by atoms with Crippen molar-refractivity contribution in [1.29, 1.82) is 0 Å². The molecule has 3 aromatic rings. The number of benzene rings is 2. The fourth-order valence-corrected chi connectivity index (χ4v) is 5.36. The Morgan fingerprint density at radius 1 is 1.03 bits per heavy atom. The average Bonchev–Trinajstić information content (AvgIpc) is 3.24. The van der Waals surface area contributed by atoms with Gasteiger partial charge in [-0.15, -0.1) is 0 Å². The maximum atomic E-state index is 13.3. The zero-order chi connectivity index (χ0) is 22.4. The lowest BCUT2D eigenvalue weighted by Crippen LogP contribution is -2.48. The smallest absolute Gasteiger partial charge is 0.258 e. The maximum Gasteiger partial charge on any atom is 0.258 e. The van der Waals surface area contributed by atoms with Crippen molar-refractivity contribution in [3.63, 3.8) is 0 Å². The van der Waals surface area contributed by atoms with E-state index in [0.717, 1.165) is 40.6 Å². The van der Waals surface area contributed by atoms with Crippen LogP contribution in [0.2, 0.25) is 0 Å². The number of para-hydroxylation sites is 2. The lowest BCUT2D eigenvalue weighted by atomic mass is 9.97. The summed E-state index contributed by atoms with van der Waals surface area (Å²) >= 11 is 0. The number of amides is 2. The first kappa shape index (κ1) is 20.6. The number of rotatable bonds is 3. The number of likely N-dealkylation sites (N-methyl/N-ethyl adjacent to an activating group) is 1. The van der Waals surface area contributed by atoms with Crippen molar-refractivity contribution in [1.82, 2.24) is 9.47 Å². The van der Waals surface area contributed by atoms with Crippen LogP contribution in [0.15, 0.2) is 54.7 Å². The molecule has 2 aliphatic heterocycles. The molecule has 3 heterocycles. The number of likely N-dealkylation sites (tertiary alicyclic amines) is 1. The lowest BCUT2D eigenvalue weighted by molar-refractivity contribution is -0.137. The van der Waals surface area contributed by atoms with Gasteiger partial charge in [0.05, 0.1) is 5.69 Å². The Morgan fingerprint density at radius 3 is 2.50 bits per heavy atom. The number of hydrogen-bond donors (Lipinski definition) is 0. The highest BCUT2D eigenvalue weighted by molar-refractivity contribution is 6.36. The largest absolute Gasteiger partial charge is 0.337 e. The average molecular weight is 428 g/mol. The summed E-state index contributed by atoms with van der Waals surface area (Å²) in [7, 11) is 1.81. The van der Waals surface area contributed by atoms with Crippen LogP contribution in [0.3, 0.4) is 0 Å². The molecule has 0 N–H and O–H groups in total. The van der Waals surface area contributed by atoms with Crippen molar-refractivity contribution in [2.45, 2.75) is 51.7 Å². The van der Waals surface area contributed by atoms with E-state index in [-0.39, 0.29) is 23.9 Å². The second kappa shape index (κ2) is 7.97. The summed E-state index contributed by atoms with van der Waals surface area (Å²) in [5, 5.41) is 1.05. The van der Waals surface area contributed by atoms with Gasteiger partial charge in [0.2, 0.25) is 5.91 Å². The van der Waals surface area contributed by atoms with Crippen LogP contribution < -0.4 is 4.90 Å². The first-order chi connectivity index (χ1) is 15.5. The van der Waals surface area contributed by atoms with Gasteiger partial charge in [0.25, 0.3) is 5.91 Å². The standard InChI is InChI=1S/C27H29N3O2/c1-18-9-8-10-19(2)30(18)26(31)17-29-16-20(21-11-4-7-14-25(21)29)15-23-22-12-5-6-13-24(22)28(3)27(23)32/h4-7,11-16,18-19H,8-10,17H2,1-3H3/b23-15+/t18-,19-/m0/s1. The first-order valence-corrected chi connectivity index (χ1v) is 11.4. The fraction of sp³-hybridized carbons (Fsp3) is 0.333. The topological polar surface area (TPSA) is 45.6 Å². The number of piperidine rings is 1. The molecular formula is C27H29N3O2. The molecule has 5 heteroatoms. The Labute approximate surface area is 188 Å². The van der Waals surface area contributed by atoms with E-state index in [2.05, 4.69) is 24.8 Å². The van der Waals surface area contributed by atoms with Gasteiger partial charge >= 0.3 is 0 Å². The molecule has 1 fully saturated rings. The van der Waals surface area contributed by atoms with Gasteiger partial charge in [0, 0.05) is 52.9 Å². The van der Waals surface area contributed by atoms with Crippen molar-refractivity contribution in [3.05, 3.63) is 65.9 Å². The van der Waals surface area contributed by atoms with Crippen molar-refractivity contribution in [2.24, 2.45) is 0 Å². The second-order valence-corrected chi connectivity index (χ2v) is 9.10. The highest BCUT2D eigenvalue weighted by Gasteiger charge is 2.31. The minimum absolute atomic E-state index is 0.00456. The number of anilines is 1. The zero-order valence-electron chi connectivity index (χ0n) is 18.9. The van der Waals surface area contributed by atoms with Gasteiger partial charge in [0.1, 0.15) is 6.54 Å². The Kier molecular flexibility index (Phi) is 5.12. The Hall–Kier alpha value is -3.34. The number of nitrogens with zero attached hydrogens (tertiary/aromatic N) is 3. The van der Waals surface area contributed by atoms with Gasteiger partial charge in [-0.2, -0.15) is 0 Å². The highest BCUT2D eigenvalue weighted by atomic mass is 16.2. The predicted octanol–water partition coefficient (Wildman–Crippen LogP) is 4.95. The molecular weight excluding hydrogens is 398 g/mol. The Bertz CT molecular complexity index is 1230. The molecule has 0 bridgehead atoms. The number of hydrogen-bond acceptors (Lipinski definition) is 2. The second-order valence-electron chi connectivity index (χ2n) is 9.10. The molecule has 0 unspecified atom stereocenters. The molecule has 0 aliphatic carbocycles. The third kappa shape index (κ3) is 3.32. The Morgan fingerprint density at radius 2 is 1.72 bits per heavy atom. The van der Waals surface area contributed by atoms with E-state index in [1.807, 2.05) is 66.4 Å². The van der Waals surface area contributed by atoms with E-state index in [4.69, 9.17) is 0 Å². The van der Waals surface area contributed by atoms with Crippen LogP contribution in [-0.2, 0) is 16.1 Å². The lowest BCUT2D eigenvalue weighted by Gasteiger charge is -2.39. The summed E-state index contributed by atoms with van der Waals surface area (Å²) < 4.78 is 2.03. The number of fused-ring (bicyclic) bond motifs is 2. The number of carbonyl (C=O) groups is 2. The summed E-state index contributed by atoms with van der Waals surface area (Å²) in [5.41, 5.74) is 4.54. The third-order valence-corrected chi connectivity index (χ3v) is 7.00. The van der Waals surface area contributed by atoms with E-state index in [9.17, 15) is 9.59 Å². The Balaban J connectivity index is 1.54. The molecule has 164 valence electrons. The molecule has 0 spiro atoms. The predicted molar refractivity (Wildman–Crippen MR) is 129 cm³/mol. The van der Waals surface area contributed by atoms with Crippen molar-refractivity contribution < 1.29 is 9.59 Å². The van der Waals surface area contributed by atoms with Crippen LogP contribution >= 0.6 is 0 Å². The van der Waals surface area contributed by atoms with Gasteiger partial charge in [-0.1, -0.05) is 36.4 Å². The first-order valence-electron chi connectivity index (χ1n) is 11.4. The van der Waals surface area contributed by atoms with Gasteiger partial charge in [0.15, 0.2) is 0 Å². The molecule has 2 atom stereocenters. The van der Waals surface area contributed by atoms with E-state index < -0.39 is 0 Å². The van der Waals surface area contributed by atoms with E-state index in [1.54, 1.807) is 4.90 Å². The highest BCUT2D eigenvalue weighted by Crippen LogP contribution is 2.37. The fourth-order valence-electron chi connectivity index (χ4n) is 5.36. The van der Waals surface area contributed by atoms with Gasteiger partial charge < -0.3 is 14.4 Å². The minimum Gasteiger partial charge on any atom is -0.337 e. The van der Waals surface area contributed by atoms with Crippen LogP contribution in [0, 0.1) is 0 Å². The molecule has 1 saturated heterocycles. The molecule has 5 nitrogen and oxygen atoms in total. The monoisotopic (exact) mass is 427 g/mol. The van der Waals surface area contributed by atoms with E-state index in [0.29, 0.717) is 12.1 Å². The molecule has 32 heavy (non-hydrogen) atoms. The molecule has 2 amide bonds. The normalized spacial score (nSPS) is 22.1. The summed E-state index contributed by atoms with van der Waals surface area (Å²) in [6.07, 6.45) is 7.30. The van der Waals surface area contributed by atoms with Crippen LogP contribution in [0.5, 0.6) is 0 Å². The van der Waals surface area contributed by atoms with Gasteiger partial charge in [-0.3, -0.25) is 9.59 Å². The molecule has 0 radical (unpaired) electrons. The minimum atomic E-state index is -0.00456. The van der Waals surface area contributed by atoms with Crippen LogP contribution in [0.1, 0.15) is 44.2 Å². The van der Waals surface area contributed by atoms with Crippen molar-refractivity contribution in [2.75, 3.05) is 11.9 Å². The third-order valence-electron chi connectivity index (χ3n) is 7.00. The van der Waals surface area contributed by atoms with Crippen LogP contribution in [0.4, 0.5) is 5.69 Å². The van der Waals surface area contributed by atoms with Gasteiger partial charge in [-0.25, -0.2) is 0 Å². The van der Waals surface area contributed by atoms with Gasteiger partial charge in [-0.05, 0) is 51.3 Å². The molecule has 0 saturated carbocycles. The SMILES string of the molecule is C[C@H]1CCC[C@H](C)N1C(=O)Cn1cc(/C=C2/C(=O)N(C)c3ccccc32)c2ccccc21. The summed E-state index contributed by atoms with van der Waals surface area (Å²) in [6.45, 7) is 4.61. The summed E-state index contributed by atoms with van der Waals surface area (Å²) in [4.78, 5) is 30.0. The van der Waals surface area contributed by atoms with E-state index >= 15 is 0 Å².